The van der Waals surface area contributed by atoms with Crippen molar-refractivity contribution in [3.05, 3.63) is 41.1 Å². The number of nitrogens with one attached hydrogen (secondary N) is 1. The van der Waals surface area contributed by atoms with Gasteiger partial charge in [-0.2, -0.15) is 0 Å². The molecule has 2 nitrogen and oxygen atoms in total. The van der Waals surface area contributed by atoms with Crippen molar-refractivity contribution in [3.8, 4) is 0 Å². The van der Waals surface area contributed by atoms with Crippen LogP contribution in [0.3, 0.4) is 0 Å². The van der Waals surface area contributed by atoms with Crippen molar-refractivity contribution in [2.45, 2.75) is 6.42 Å². The number of ether oxygens (including phenoxy) is 1. The molecule has 82 valence electrons. The largest absolute Gasteiger partial charge is 0.377 e. The van der Waals surface area contributed by atoms with E-state index in [2.05, 4.69) is 11.1 Å². The Hall–Kier alpha value is -1.25. The highest BCUT2D eigenvalue weighted by molar-refractivity contribution is 6.31. The van der Waals surface area contributed by atoms with Crippen molar-refractivity contribution in [2.75, 3.05) is 13.2 Å². The van der Waals surface area contributed by atoms with Crippen molar-refractivity contribution in [1.82, 2.24) is 4.98 Å². The molecule has 0 fully saturated rings. The average molecular weight is 234 g/mol. The van der Waals surface area contributed by atoms with Gasteiger partial charge in [0.1, 0.15) is 0 Å². The van der Waals surface area contributed by atoms with Crippen LogP contribution in [-0.2, 0) is 4.74 Å². The van der Waals surface area contributed by atoms with Crippen LogP contribution in [0.25, 0.3) is 16.5 Å². The fourth-order valence-corrected chi connectivity index (χ4v) is 2.39. The first-order valence-electron chi connectivity index (χ1n) is 5.38. The van der Waals surface area contributed by atoms with E-state index in [0.29, 0.717) is 6.61 Å². The predicted octanol–water partition coefficient (Wildman–Crippen LogP) is 3.63. The maximum Gasteiger partial charge on any atom is 0.0653 e. The summed E-state index contributed by atoms with van der Waals surface area (Å²) in [5.74, 6) is 0. The van der Waals surface area contributed by atoms with Crippen LogP contribution in [0.15, 0.2) is 30.5 Å². The smallest absolute Gasteiger partial charge is 0.0653 e. The minimum Gasteiger partial charge on any atom is -0.377 e. The zero-order chi connectivity index (χ0) is 11.0. The average Bonchev–Trinajstić information content (AvgIpc) is 2.77. The lowest BCUT2D eigenvalue weighted by molar-refractivity contribution is 0.161. The normalized spacial score (nSPS) is 16.4. The second kappa shape index (κ2) is 3.96. The molecule has 0 amide bonds. The molecule has 2 heterocycles. The fourth-order valence-electron chi connectivity index (χ4n) is 2.16. The molecular formula is C13H12ClNO. The number of benzene rings is 1. The van der Waals surface area contributed by atoms with Crippen molar-refractivity contribution >= 4 is 28.1 Å². The first-order chi connectivity index (χ1) is 7.84. The fraction of sp³-hybridized carbons (Fsp3) is 0.231. The third kappa shape index (κ3) is 1.64. The van der Waals surface area contributed by atoms with Gasteiger partial charge in [-0.15, -0.1) is 0 Å². The molecule has 0 saturated heterocycles. The predicted molar refractivity (Wildman–Crippen MR) is 66.7 cm³/mol. The van der Waals surface area contributed by atoms with Crippen LogP contribution in [0.4, 0.5) is 0 Å². The van der Waals surface area contributed by atoms with E-state index < -0.39 is 0 Å². The summed E-state index contributed by atoms with van der Waals surface area (Å²) in [5.41, 5.74) is 3.69. The third-order valence-electron chi connectivity index (χ3n) is 2.93. The Bertz CT molecular complexity index is 556. The molecule has 0 bridgehead atoms. The molecule has 1 aliphatic heterocycles. The van der Waals surface area contributed by atoms with Crippen LogP contribution < -0.4 is 0 Å². The van der Waals surface area contributed by atoms with Crippen LogP contribution in [-0.4, -0.2) is 18.2 Å². The number of fused-ring (bicyclic) bond motifs is 1. The lowest BCUT2D eigenvalue weighted by Gasteiger charge is -2.14. The van der Waals surface area contributed by atoms with Crippen molar-refractivity contribution < 1.29 is 4.74 Å². The SMILES string of the molecule is Clc1cc(C2=CCOCC2)c2[nH]ccc2c1. The highest BCUT2D eigenvalue weighted by atomic mass is 35.5. The van der Waals surface area contributed by atoms with Crippen molar-refractivity contribution in [3.63, 3.8) is 0 Å². The Balaban J connectivity index is 2.21. The minimum absolute atomic E-state index is 0.698. The van der Waals surface area contributed by atoms with Gasteiger partial charge >= 0.3 is 0 Å². The molecule has 0 atom stereocenters. The Morgan fingerprint density at radius 2 is 2.25 bits per heavy atom. The van der Waals surface area contributed by atoms with E-state index in [1.807, 2.05) is 24.4 Å². The third-order valence-corrected chi connectivity index (χ3v) is 3.15. The monoisotopic (exact) mass is 233 g/mol. The van der Waals surface area contributed by atoms with E-state index in [1.165, 1.54) is 11.1 Å². The summed E-state index contributed by atoms with van der Waals surface area (Å²) in [6.45, 7) is 1.49. The molecule has 0 unspecified atom stereocenters. The standard InChI is InChI=1S/C13H12ClNO/c14-11-7-10-1-4-15-13(10)12(8-11)9-2-5-16-6-3-9/h1-2,4,7-8,15H,3,5-6H2. The van der Waals surface area contributed by atoms with Gasteiger partial charge in [0.05, 0.1) is 18.7 Å². The molecule has 16 heavy (non-hydrogen) atoms. The van der Waals surface area contributed by atoms with Gasteiger partial charge < -0.3 is 9.72 Å². The quantitative estimate of drug-likeness (QED) is 0.800. The second-order valence-corrected chi connectivity index (χ2v) is 4.39. The number of hydrogen-bond acceptors (Lipinski definition) is 1. The Morgan fingerprint density at radius 1 is 1.31 bits per heavy atom. The molecule has 0 aliphatic carbocycles. The van der Waals surface area contributed by atoms with Crippen LogP contribution in [0, 0.1) is 0 Å². The van der Waals surface area contributed by atoms with E-state index in [0.717, 1.165) is 29.0 Å². The molecule has 1 aromatic carbocycles. The molecular weight excluding hydrogens is 222 g/mol. The summed E-state index contributed by atoms with van der Waals surface area (Å²) in [6, 6.07) is 6.05. The van der Waals surface area contributed by atoms with E-state index in [4.69, 9.17) is 16.3 Å². The summed E-state index contributed by atoms with van der Waals surface area (Å²) >= 11 is 6.13. The molecule has 0 radical (unpaired) electrons. The molecule has 0 saturated carbocycles. The minimum atomic E-state index is 0.698. The second-order valence-electron chi connectivity index (χ2n) is 3.95. The van der Waals surface area contributed by atoms with Crippen LogP contribution in [0.1, 0.15) is 12.0 Å². The summed E-state index contributed by atoms with van der Waals surface area (Å²) < 4.78 is 5.33. The Labute approximate surface area is 98.9 Å². The lowest BCUT2D eigenvalue weighted by atomic mass is 9.99. The first kappa shape index (κ1) is 9.94. The molecule has 3 heteroatoms. The molecule has 3 rings (SSSR count). The zero-order valence-corrected chi connectivity index (χ0v) is 9.55. The van der Waals surface area contributed by atoms with Gasteiger partial charge in [0.15, 0.2) is 0 Å². The highest BCUT2D eigenvalue weighted by Crippen LogP contribution is 2.30. The Kier molecular flexibility index (Phi) is 2.46. The molecule has 1 aliphatic rings. The van der Waals surface area contributed by atoms with Crippen molar-refractivity contribution in [1.29, 1.82) is 0 Å². The van der Waals surface area contributed by atoms with E-state index in [9.17, 15) is 0 Å². The number of rotatable bonds is 1. The molecule has 0 spiro atoms. The van der Waals surface area contributed by atoms with Crippen LogP contribution in [0.2, 0.25) is 5.02 Å². The summed E-state index contributed by atoms with van der Waals surface area (Å²) in [4.78, 5) is 3.27. The van der Waals surface area contributed by atoms with E-state index in [-0.39, 0.29) is 0 Å². The van der Waals surface area contributed by atoms with Crippen LogP contribution >= 0.6 is 11.6 Å². The van der Waals surface area contributed by atoms with Crippen molar-refractivity contribution in [2.24, 2.45) is 0 Å². The Morgan fingerprint density at radius 3 is 3.06 bits per heavy atom. The summed E-state index contributed by atoms with van der Waals surface area (Å²) in [7, 11) is 0. The number of halogens is 1. The highest BCUT2D eigenvalue weighted by Gasteiger charge is 2.11. The van der Waals surface area contributed by atoms with Gasteiger partial charge in [0, 0.05) is 22.2 Å². The van der Waals surface area contributed by atoms with Crippen LogP contribution in [0.5, 0.6) is 0 Å². The van der Waals surface area contributed by atoms with Gasteiger partial charge in [-0.05, 0) is 30.2 Å². The van der Waals surface area contributed by atoms with Gasteiger partial charge in [-0.1, -0.05) is 17.7 Å². The number of aromatic amines is 1. The van der Waals surface area contributed by atoms with Gasteiger partial charge in [-0.25, -0.2) is 0 Å². The number of hydrogen-bond donors (Lipinski definition) is 1. The maximum absolute atomic E-state index is 6.13. The first-order valence-corrected chi connectivity index (χ1v) is 5.76. The molecule has 1 aromatic heterocycles. The number of H-pyrrole nitrogens is 1. The zero-order valence-electron chi connectivity index (χ0n) is 8.79. The van der Waals surface area contributed by atoms with E-state index >= 15 is 0 Å². The topological polar surface area (TPSA) is 25.0 Å². The number of aromatic nitrogens is 1. The van der Waals surface area contributed by atoms with E-state index in [1.54, 1.807) is 0 Å². The maximum atomic E-state index is 6.13. The van der Waals surface area contributed by atoms with Gasteiger partial charge in [0.25, 0.3) is 0 Å². The van der Waals surface area contributed by atoms with Gasteiger partial charge in [-0.3, -0.25) is 0 Å². The summed E-state index contributed by atoms with van der Waals surface area (Å²) in [5, 5.41) is 1.95. The molecule has 2 aromatic rings. The van der Waals surface area contributed by atoms with Gasteiger partial charge in [0.2, 0.25) is 0 Å². The summed E-state index contributed by atoms with van der Waals surface area (Å²) in [6.07, 6.45) is 5.04. The molecule has 1 N–H and O–H groups in total. The lowest BCUT2D eigenvalue weighted by Crippen LogP contribution is -2.04.